The molecule has 2 rings (SSSR count). The highest BCUT2D eigenvalue weighted by atomic mass is 19.2. The first-order valence-electron chi connectivity index (χ1n) is 5.71. The summed E-state index contributed by atoms with van der Waals surface area (Å²) in [6.07, 6.45) is -0.000626. The van der Waals surface area contributed by atoms with E-state index in [2.05, 4.69) is 0 Å². The molecule has 1 aromatic rings. The first-order valence-corrected chi connectivity index (χ1v) is 5.71. The number of benzene rings is 1. The van der Waals surface area contributed by atoms with Crippen LogP contribution in [0.25, 0.3) is 0 Å². The number of hydrogen-bond donors (Lipinski definition) is 2. The third-order valence-electron chi connectivity index (χ3n) is 3.28. The summed E-state index contributed by atoms with van der Waals surface area (Å²) in [6.45, 7) is -0.320. The van der Waals surface area contributed by atoms with Crippen molar-refractivity contribution in [3.8, 4) is 0 Å². The van der Waals surface area contributed by atoms with Gasteiger partial charge in [-0.15, -0.1) is 0 Å². The minimum atomic E-state index is -1.74. The number of rotatable bonds is 2. The summed E-state index contributed by atoms with van der Waals surface area (Å²) in [5.41, 5.74) is 3.32. The maximum absolute atomic E-state index is 13.5. The summed E-state index contributed by atoms with van der Waals surface area (Å²) < 4.78 is 39.4. The van der Waals surface area contributed by atoms with Gasteiger partial charge in [0.2, 0.25) is 0 Å². The lowest BCUT2D eigenvalue weighted by Crippen LogP contribution is -2.50. The molecule has 0 aromatic heterocycles. The van der Waals surface area contributed by atoms with Gasteiger partial charge in [0.25, 0.3) is 5.91 Å². The quantitative estimate of drug-likeness (QED) is 0.786. The predicted molar refractivity (Wildman–Crippen MR) is 61.4 cm³/mol. The predicted octanol–water partition coefficient (Wildman–Crippen LogP) is 0.732. The smallest absolute Gasteiger partial charge is 0.325 e. The number of nitrogens with two attached hydrogens (primary N) is 1. The van der Waals surface area contributed by atoms with Crippen molar-refractivity contribution in [2.24, 2.45) is 5.73 Å². The van der Waals surface area contributed by atoms with E-state index in [0.29, 0.717) is 6.07 Å². The highest BCUT2D eigenvalue weighted by Crippen LogP contribution is 2.23. The first-order chi connectivity index (χ1) is 9.26. The molecular formula is C12H11F3N2O3. The van der Waals surface area contributed by atoms with Crippen molar-refractivity contribution in [2.45, 2.75) is 12.0 Å². The minimum absolute atomic E-state index is 0.0000683. The summed E-state index contributed by atoms with van der Waals surface area (Å²) in [7, 11) is 0. The van der Waals surface area contributed by atoms with E-state index in [9.17, 15) is 22.8 Å². The van der Waals surface area contributed by atoms with Crippen molar-refractivity contribution in [2.75, 3.05) is 13.1 Å². The molecule has 1 aromatic carbocycles. The standard InChI is InChI=1S/C12H11F3N2O3/c13-7-2-1-6(8(14)9(7)15)10(18)17-4-3-12(16,5-17)11(19)20/h1-2H,3-5,16H2,(H,19,20). The first kappa shape index (κ1) is 14.3. The lowest BCUT2D eigenvalue weighted by atomic mass is 10.0. The van der Waals surface area contributed by atoms with Gasteiger partial charge in [-0.25, -0.2) is 13.2 Å². The topological polar surface area (TPSA) is 83.6 Å². The average molecular weight is 288 g/mol. The molecule has 0 spiro atoms. The van der Waals surface area contributed by atoms with E-state index in [1.165, 1.54) is 0 Å². The Balaban J connectivity index is 2.26. The second-order valence-electron chi connectivity index (χ2n) is 4.66. The van der Waals surface area contributed by atoms with Crippen LogP contribution in [0.2, 0.25) is 0 Å². The Morgan fingerprint density at radius 3 is 2.45 bits per heavy atom. The maximum atomic E-state index is 13.5. The molecule has 8 heteroatoms. The van der Waals surface area contributed by atoms with Crippen molar-refractivity contribution in [1.29, 1.82) is 0 Å². The van der Waals surface area contributed by atoms with Gasteiger partial charge in [-0.05, 0) is 18.6 Å². The van der Waals surface area contributed by atoms with Crippen LogP contribution in [-0.4, -0.2) is 40.5 Å². The molecule has 0 saturated carbocycles. The SMILES string of the molecule is NC1(C(=O)O)CCN(C(=O)c2ccc(F)c(F)c2F)C1. The Morgan fingerprint density at radius 2 is 1.90 bits per heavy atom. The van der Waals surface area contributed by atoms with Gasteiger partial charge in [-0.2, -0.15) is 0 Å². The van der Waals surface area contributed by atoms with Gasteiger partial charge in [0, 0.05) is 13.1 Å². The zero-order chi connectivity index (χ0) is 15.1. The Hall–Kier alpha value is -2.09. The molecule has 1 unspecified atom stereocenters. The van der Waals surface area contributed by atoms with Gasteiger partial charge in [0.05, 0.1) is 5.56 Å². The lowest BCUT2D eigenvalue weighted by molar-refractivity contribution is -0.142. The van der Waals surface area contributed by atoms with Crippen molar-refractivity contribution in [3.63, 3.8) is 0 Å². The molecule has 1 aliphatic heterocycles. The summed E-state index contributed by atoms with van der Waals surface area (Å²) in [6, 6.07) is 1.45. The largest absolute Gasteiger partial charge is 0.480 e. The van der Waals surface area contributed by atoms with E-state index in [4.69, 9.17) is 10.8 Å². The molecule has 1 aliphatic rings. The fourth-order valence-corrected chi connectivity index (χ4v) is 2.04. The number of likely N-dealkylation sites (tertiary alicyclic amines) is 1. The molecule has 1 fully saturated rings. The van der Waals surface area contributed by atoms with Crippen molar-refractivity contribution in [1.82, 2.24) is 4.90 Å². The monoisotopic (exact) mass is 288 g/mol. The van der Waals surface area contributed by atoms with E-state index >= 15 is 0 Å². The number of amides is 1. The van der Waals surface area contributed by atoms with Crippen LogP contribution in [0, 0.1) is 17.5 Å². The van der Waals surface area contributed by atoms with E-state index in [1.54, 1.807) is 0 Å². The number of halogens is 3. The molecule has 1 atom stereocenters. The molecule has 0 aliphatic carbocycles. The zero-order valence-corrected chi connectivity index (χ0v) is 10.2. The maximum Gasteiger partial charge on any atom is 0.325 e. The van der Waals surface area contributed by atoms with Crippen molar-refractivity contribution < 1.29 is 27.9 Å². The number of nitrogens with zero attached hydrogens (tertiary/aromatic N) is 1. The van der Waals surface area contributed by atoms with Crippen LogP contribution in [0.15, 0.2) is 12.1 Å². The summed E-state index contributed by atoms with van der Waals surface area (Å²) in [5, 5.41) is 8.93. The molecule has 0 radical (unpaired) electrons. The van der Waals surface area contributed by atoms with Crippen LogP contribution in [0.4, 0.5) is 13.2 Å². The van der Waals surface area contributed by atoms with E-state index < -0.39 is 40.4 Å². The average Bonchev–Trinajstić information content (AvgIpc) is 2.80. The Bertz CT molecular complexity index is 594. The molecule has 5 nitrogen and oxygen atoms in total. The zero-order valence-electron chi connectivity index (χ0n) is 10.2. The Kier molecular flexibility index (Phi) is 3.43. The van der Waals surface area contributed by atoms with Gasteiger partial charge in [-0.3, -0.25) is 9.59 Å². The molecule has 20 heavy (non-hydrogen) atoms. The van der Waals surface area contributed by atoms with Gasteiger partial charge in [-0.1, -0.05) is 0 Å². The Morgan fingerprint density at radius 1 is 1.25 bits per heavy atom. The summed E-state index contributed by atoms with van der Waals surface area (Å²) in [4.78, 5) is 23.9. The number of carbonyl (C=O) groups excluding carboxylic acids is 1. The van der Waals surface area contributed by atoms with E-state index in [-0.39, 0.29) is 19.5 Å². The minimum Gasteiger partial charge on any atom is -0.480 e. The van der Waals surface area contributed by atoms with Crippen LogP contribution >= 0.6 is 0 Å². The third-order valence-corrected chi connectivity index (χ3v) is 3.28. The van der Waals surface area contributed by atoms with E-state index in [0.717, 1.165) is 11.0 Å². The molecule has 108 valence electrons. The third kappa shape index (κ3) is 2.22. The number of carboxylic acids is 1. The molecule has 1 saturated heterocycles. The van der Waals surface area contributed by atoms with Gasteiger partial charge in [0.15, 0.2) is 17.5 Å². The van der Waals surface area contributed by atoms with Gasteiger partial charge in [0.1, 0.15) is 5.54 Å². The van der Waals surface area contributed by atoms with E-state index in [1.807, 2.05) is 0 Å². The van der Waals surface area contributed by atoms with Crippen LogP contribution in [0.1, 0.15) is 16.8 Å². The van der Waals surface area contributed by atoms with Crippen LogP contribution < -0.4 is 5.73 Å². The van der Waals surface area contributed by atoms with Crippen LogP contribution in [0.5, 0.6) is 0 Å². The fourth-order valence-electron chi connectivity index (χ4n) is 2.04. The Labute approximate surface area is 111 Å². The number of hydrogen-bond acceptors (Lipinski definition) is 3. The number of carboxylic acid groups (broad SMARTS) is 1. The van der Waals surface area contributed by atoms with Gasteiger partial charge >= 0.3 is 5.97 Å². The fraction of sp³-hybridized carbons (Fsp3) is 0.333. The normalized spacial score (nSPS) is 22.1. The van der Waals surface area contributed by atoms with Gasteiger partial charge < -0.3 is 15.7 Å². The molecule has 3 N–H and O–H groups in total. The number of aliphatic carboxylic acids is 1. The summed E-state index contributed by atoms with van der Waals surface area (Å²) >= 11 is 0. The lowest BCUT2D eigenvalue weighted by Gasteiger charge is -2.20. The number of carbonyl (C=O) groups is 2. The summed E-state index contributed by atoms with van der Waals surface area (Å²) in [5.74, 6) is -6.94. The van der Waals surface area contributed by atoms with Crippen LogP contribution in [-0.2, 0) is 4.79 Å². The van der Waals surface area contributed by atoms with Crippen molar-refractivity contribution >= 4 is 11.9 Å². The molecular weight excluding hydrogens is 277 g/mol. The second kappa shape index (κ2) is 4.78. The molecule has 1 amide bonds. The molecule has 0 bridgehead atoms. The highest BCUT2D eigenvalue weighted by molar-refractivity contribution is 5.95. The second-order valence-corrected chi connectivity index (χ2v) is 4.66. The van der Waals surface area contributed by atoms with Crippen molar-refractivity contribution in [3.05, 3.63) is 35.1 Å². The van der Waals surface area contributed by atoms with Crippen LogP contribution in [0.3, 0.4) is 0 Å². The highest BCUT2D eigenvalue weighted by Gasteiger charge is 2.43. The molecule has 1 heterocycles.